The first kappa shape index (κ1) is 19.4. The molecular weight excluding hydrogens is 312 g/mol. The first-order valence-electron chi connectivity index (χ1n) is 7.60. The summed E-state index contributed by atoms with van der Waals surface area (Å²) in [6.07, 6.45) is 1.65. The van der Waals surface area contributed by atoms with Crippen LogP contribution in [-0.2, 0) is 32.2 Å². The van der Waals surface area contributed by atoms with Gasteiger partial charge >= 0.3 is 6.09 Å². The van der Waals surface area contributed by atoms with Crippen LogP contribution in [-0.4, -0.2) is 31.9 Å². The summed E-state index contributed by atoms with van der Waals surface area (Å²) >= 11 is 0. The Morgan fingerprint density at radius 3 is 2.79 bits per heavy atom. The van der Waals surface area contributed by atoms with Crippen molar-refractivity contribution in [2.24, 2.45) is 10.4 Å². The second kappa shape index (κ2) is 10.2. The van der Waals surface area contributed by atoms with Crippen LogP contribution in [0, 0.1) is 5.41 Å². The van der Waals surface area contributed by atoms with E-state index in [2.05, 4.69) is 10.3 Å². The average Bonchev–Trinajstić information content (AvgIpc) is 2.61. The monoisotopic (exact) mass is 334 g/mol. The maximum Gasteiger partial charge on any atom is 0.407 e. The van der Waals surface area contributed by atoms with Crippen LogP contribution >= 0.6 is 0 Å². The van der Waals surface area contributed by atoms with Gasteiger partial charge in [-0.25, -0.2) is 14.6 Å². The van der Waals surface area contributed by atoms with Gasteiger partial charge in [-0.15, -0.1) is 0 Å². The van der Waals surface area contributed by atoms with E-state index >= 15 is 0 Å². The number of benzene rings is 1. The van der Waals surface area contributed by atoms with Gasteiger partial charge in [0.1, 0.15) is 6.61 Å². The van der Waals surface area contributed by atoms with E-state index in [1.54, 1.807) is 0 Å². The van der Waals surface area contributed by atoms with E-state index in [9.17, 15) is 14.4 Å². The number of isocyanates is 1. The van der Waals surface area contributed by atoms with Gasteiger partial charge in [-0.3, -0.25) is 4.79 Å². The lowest BCUT2D eigenvalue weighted by molar-refractivity contribution is -0.132. The molecule has 7 heteroatoms. The normalized spacial score (nSPS) is 12.4. The van der Waals surface area contributed by atoms with E-state index in [0.29, 0.717) is 19.4 Å². The van der Waals surface area contributed by atoms with Gasteiger partial charge in [0, 0.05) is 12.0 Å². The molecule has 0 spiro atoms. The number of rotatable bonds is 10. The molecule has 1 atom stereocenters. The summed E-state index contributed by atoms with van der Waals surface area (Å²) in [5, 5.41) is 2.66. The third-order valence-electron chi connectivity index (χ3n) is 3.66. The Hall–Kier alpha value is -2.66. The van der Waals surface area contributed by atoms with Gasteiger partial charge in [-0.2, -0.15) is 0 Å². The fourth-order valence-corrected chi connectivity index (χ4v) is 1.91. The molecule has 0 aliphatic rings. The number of ether oxygens (including phenoxy) is 2. The van der Waals surface area contributed by atoms with E-state index < -0.39 is 11.5 Å². The standard InChI is InChI=1S/C17H22N2O5/c1-3-17(2,10-23-13-21)11-24-16(22)19-9-15-6-4-5-14(7-15)8-18-12-20/h4-7,13H,3,8-11H2,1-2H3,(H,19,22). The highest BCUT2D eigenvalue weighted by atomic mass is 16.6. The molecule has 0 aromatic heterocycles. The third-order valence-corrected chi connectivity index (χ3v) is 3.66. The molecule has 0 saturated carbocycles. The average molecular weight is 334 g/mol. The molecular formula is C17H22N2O5. The molecule has 0 aliphatic heterocycles. The molecule has 1 rings (SSSR count). The highest BCUT2D eigenvalue weighted by molar-refractivity contribution is 5.67. The van der Waals surface area contributed by atoms with Gasteiger partial charge in [0.05, 0.1) is 13.2 Å². The molecule has 1 aromatic rings. The maximum atomic E-state index is 11.8. The molecule has 0 bridgehead atoms. The van der Waals surface area contributed by atoms with Crippen LogP contribution in [0.1, 0.15) is 31.4 Å². The van der Waals surface area contributed by atoms with Gasteiger partial charge < -0.3 is 14.8 Å². The first-order chi connectivity index (χ1) is 11.5. The lowest BCUT2D eigenvalue weighted by Crippen LogP contribution is -2.33. The van der Waals surface area contributed by atoms with Crippen molar-refractivity contribution in [2.45, 2.75) is 33.4 Å². The van der Waals surface area contributed by atoms with Gasteiger partial charge in [-0.1, -0.05) is 38.1 Å². The molecule has 0 radical (unpaired) electrons. The largest absolute Gasteiger partial charge is 0.467 e. The zero-order chi connectivity index (χ0) is 17.8. The van der Waals surface area contributed by atoms with E-state index in [1.165, 1.54) is 6.08 Å². The molecule has 1 amide bonds. The summed E-state index contributed by atoms with van der Waals surface area (Å²) in [7, 11) is 0. The fraction of sp³-hybridized carbons (Fsp3) is 0.471. The smallest absolute Gasteiger partial charge is 0.407 e. The van der Waals surface area contributed by atoms with Crippen molar-refractivity contribution in [2.75, 3.05) is 13.2 Å². The highest BCUT2D eigenvalue weighted by Gasteiger charge is 2.25. The summed E-state index contributed by atoms with van der Waals surface area (Å²) in [5.41, 5.74) is 1.31. The Morgan fingerprint density at radius 1 is 1.38 bits per heavy atom. The summed E-state index contributed by atoms with van der Waals surface area (Å²) in [6, 6.07) is 7.35. The number of hydrogen-bond acceptors (Lipinski definition) is 6. The summed E-state index contributed by atoms with van der Waals surface area (Å²) in [5.74, 6) is 0. The van der Waals surface area contributed by atoms with Crippen molar-refractivity contribution in [1.82, 2.24) is 5.32 Å². The Labute approximate surface area is 141 Å². The van der Waals surface area contributed by atoms with Crippen LogP contribution in [0.5, 0.6) is 0 Å². The second-order valence-corrected chi connectivity index (χ2v) is 5.73. The maximum absolute atomic E-state index is 11.8. The number of carbonyl (C=O) groups excluding carboxylic acids is 3. The van der Waals surface area contributed by atoms with E-state index in [-0.39, 0.29) is 19.8 Å². The molecule has 0 aliphatic carbocycles. The van der Waals surface area contributed by atoms with Crippen LogP contribution < -0.4 is 5.32 Å². The van der Waals surface area contributed by atoms with Gasteiger partial charge in [-0.05, 0) is 17.5 Å². The number of alkyl carbamates (subject to hydrolysis) is 1. The fourth-order valence-electron chi connectivity index (χ4n) is 1.91. The van der Waals surface area contributed by atoms with Crippen molar-refractivity contribution < 1.29 is 23.9 Å². The topological polar surface area (TPSA) is 94.1 Å². The summed E-state index contributed by atoms with van der Waals surface area (Å²) in [4.78, 5) is 35.7. The molecule has 24 heavy (non-hydrogen) atoms. The number of carbonyl (C=O) groups is 2. The van der Waals surface area contributed by atoms with Crippen LogP contribution in [0.15, 0.2) is 29.3 Å². The van der Waals surface area contributed by atoms with Gasteiger partial charge in [0.2, 0.25) is 6.08 Å². The van der Waals surface area contributed by atoms with Gasteiger partial charge in [0.25, 0.3) is 6.47 Å². The number of hydrogen-bond donors (Lipinski definition) is 1. The predicted molar refractivity (Wildman–Crippen MR) is 86.9 cm³/mol. The first-order valence-corrected chi connectivity index (χ1v) is 7.60. The number of amides is 1. The minimum absolute atomic E-state index is 0.150. The molecule has 0 saturated heterocycles. The Kier molecular flexibility index (Phi) is 8.22. The molecule has 1 unspecified atom stereocenters. The number of aliphatic imine (C=N–C) groups is 1. The van der Waals surface area contributed by atoms with Crippen LogP contribution in [0.3, 0.4) is 0 Å². The summed E-state index contributed by atoms with van der Waals surface area (Å²) < 4.78 is 9.96. The Bertz CT molecular complexity index is 598. The molecule has 7 nitrogen and oxygen atoms in total. The Morgan fingerprint density at radius 2 is 2.12 bits per heavy atom. The molecule has 1 aromatic carbocycles. The van der Waals surface area contributed by atoms with Crippen LogP contribution in [0.4, 0.5) is 4.79 Å². The van der Waals surface area contributed by atoms with Gasteiger partial charge in [0.15, 0.2) is 0 Å². The molecule has 0 heterocycles. The van der Waals surface area contributed by atoms with Crippen molar-refractivity contribution in [1.29, 1.82) is 0 Å². The zero-order valence-electron chi connectivity index (χ0n) is 13.9. The minimum atomic E-state index is -0.544. The van der Waals surface area contributed by atoms with E-state index in [0.717, 1.165) is 11.1 Å². The van der Waals surface area contributed by atoms with E-state index in [1.807, 2.05) is 38.1 Å². The van der Waals surface area contributed by atoms with E-state index in [4.69, 9.17) is 9.47 Å². The third kappa shape index (κ3) is 7.07. The molecule has 1 N–H and O–H groups in total. The minimum Gasteiger partial charge on any atom is -0.467 e. The van der Waals surface area contributed by atoms with Crippen molar-refractivity contribution in [3.63, 3.8) is 0 Å². The summed E-state index contributed by atoms with van der Waals surface area (Å²) in [6.45, 7) is 5.09. The van der Waals surface area contributed by atoms with Crippen molar-refractivity contribution in [3.8, 4) is 0 Å². The lowest BCUT2D eigenvalue weighted by Gasteiger charge is -2.26. The zero-order valence-corrected chi connectivity index (χ0v) is 13.9. The Balaban J connectivity index is 2.45. The molecule has 130 valence electrons. The van der Waals surface area contributed by atoms with Crippen LogP contribution in [0.2, 0.25) is 0 Å². The van der Waals surface area contributed by atoms with Crippen LogP contribution in [0.25, 0.3) is 0 Å². The highest BCUT2D eigenvalue weighted by Crippen LogP contribution is 2.21. The SMILES string of the molecule is CCC(C)(COC=O)COC(=O)NCc1cccc(CN=C=O)c1. The second-order valence-electron chi connectivity index (χ2n) is 5.73. The number of nitrogens with zero attached hydrogens (tertiary/aromatic N) is 1. The predicted octanol–water partition coefficient (Wildman–Crippen LogP) is 2.34. The molecule has 0 fully saturated rings. The number of nitrogens with one attached hydrogen (secondary N) is 1. The van der Waals surface area contributed by atoms with Crippen molar-refractivity contribution >= 4 is 18.6 Å². The van der Waals surface area contributed by atoms with Crippen molar-refractivity contribution in [3.05, 3.63) is 35.4 Å². The quantitative estimate of drug-likeness (QED) is 0.403. The lowest BCUT2D eigenvalue weighted by atomic mass is 9.90.